The van der Waals surface area contributed by atoms with Crippen LogP contribution in [-0.4, -0.2) is 37.8 Å². The highest BCUT2D eigenvalue weighted by atomic mass is 35.5. The number of hydrogen-bond acceptors (Lipinski definition) is 3. The first kappa shape index (κ1) is 19.9. The summed E-state index contributed by atoms with van der Waals surface area (Å²) in [4.78, 5) is 2.11. The van der Waals surface area contributed by atoms with Crippen LogP contribution in [0.1, 0.15) is 16.7 Å². The second-order valence-corrected chi connectivity index (χ2v) is 9.21. The lowest BCUT2D eigenvalue weighted by Crippen LogP contribution is -2.43. The van der Waals surface area contributed by atoms with E-state index in [1.54, 1.807) is 6.07 Å². The number of nitrogens with zero attached hydrogens (tertiary/aromatic N) is 1. The summed E-state index contributed by atoms with van der Waals surface area (Å²) in [6, 6.07) is 13.5. The lowest BCUT2D eigenvalue weighted by Gasteiger charge is -2.31. The Bertz CT molecular complexity index is 930. The van der Waals surface area contributed by atoms with E-state index >= 15 is 0 Å². The predicted octanol–water partition coefficient (Wildman–Crippen LogP) is 3.19. The number of hydrogen-bond donors (Lipinski definition) is 2. The van der Waals surface area contributed by atoms with Gasteiger partial charge in [0.2, 0.25) is 10.0 Å². The van der Waals surface area contributed by atoms with Crippen LogP contribution in [0.2, 0.25) is 5.02 Å². The van der Waals surface area contributed by atoms with Crippen molar-refractivity contribution in [3.05, 3.63) is 64.2 Å². The number of halogens is 1. The fourth-order valence-corrected chi connectivity index (χ4v) is 4.02. The maximum Gasteiger partial charge on any atom is 0.229 e. The fraction of sp³-hybridized carbons (Fsp3) is 0.316. The van der Waals surface area contributed by atoms with Crippen LogP contribution < -0.4 is 10.0 Å². The van der Waals surface area contributed by atoms with Gasteiger partial charge in [0.15, 0.2) is 5.11 Å². The van der Waals surface area contributed by atoms with Gasteiger partial charge < -0.3 is 10.2 Å². The standard InChI is InChI=1S/C19H22ClN3O2S2/c1-27(24,25)22-18-7-4-15-9-11-23(13-16(15)12-18)19(26)21-10-8-14-2-5-17(20)6-3-14/h2-7,12,22H,8-11,13H2,1H3,(H,21,26). The largest absolute Gasteiger partial charge is 0.362 e. The molecular formula is C19H22ClN3O2S2. The summed E-state index contributed by atoms with van der Waals surface area (Å²) < 4.78 is 25.4. The van der Waals surface area contributed by atoms with Crippen LogP contribution in [0.5, 0.6) is 0 Å². The molecule has 5 nitrogen and oxygen atoms in total. The van der Waals surface area contributed by atoms with Crippen molar-refractivity contribution in [1.29, 1.82) is 0 Å². The van der Waals surface area contributed by atoms with Gasteiger partial charge in [-0.15, -0.1) is 0 Å². The minimum Gasteiger partial charge on any atom is -0.362 e. The molecule has 0 saturated heterocycles. The Labute approximate surface area is 170 Å². The number of nitrogens with one attached hydrogen (secondary N) is 2. The number of sulfonamides is 1. The third-order valence-corrected chi connectivity index (χ3v) is 5.67. The van der Waals surface area contributed by atoms with Crippen molar-refractivity contribution >= 4 is 44.6 Å². The minimum atomic E-state index is -3.28. The van der Waals surface area contributed by atoms with Gasteiger partial charge in [0.1, 0.15) is 0 Å². The van der Waals surface area contributed by atoms with Crippen molar-refractivity contribution in [2.45, 2.75) is 19.4 Å². The first-order chi connectivity index (χ1) is 12.8. The molecule has 0 unspecified atom stereocenters. The second-order valence-electron chi connectivity index (χ2n) is 6.64. The molecule has 0 saturated carbocycles. The highest BCUT2D eigenvalue weighted by Crippen LogP contribution is 2.23. The quantitative estimate of drug-likeness (QED) is 0.723. The molecule has 0 aliphatic carbocycles. The Hall–Kier alpha value is -1.83. The van der Waals surface area contributed by atoms with Gasteiger partial charge in [0.25, 0.3) is 0 Å². The average molecular weight is 424 g/mol. The van der Waals surface area contributed by atoms with Crippen molar-refractivity contribution in [2.75, 3.05) is 24.1 Å². The number of benzene rings is 2. The van der Waals surface area contributed by atoms with Gasteiger partial charge in [-0.25, -0.2) is 8.42 Å². The first-order valence-electron chi connectivity index (χ1n) is 8.67. The zero-order valence-electron chi connectivity index (χ0n) is 15.0. The smallest absolute Gasteiger partial charge is 0.229 e. The maximum absolute atomic E-state index is 11.4. The molecule has 1 aliphatic rings. The molecule has 144 valence electrons. The second kappa shape index (κ2) is 8.46. The molecular weight excluding hydrogens is 402 g/mol. The molecule has 0 aromatic heterocycles. The van der Waals surface area contributed by atoms with Crippen LogP contribution in [0, 0.1) is 0 Å². The molecule has 1 heterocycles. The van der Waals surface area contributed by atoms with E-state index in [2.05, 4.69) is 14.9 Å². The van der Waals surface area contributed by atoms with Crippen molar-refractivity contribution in [1.82, 2.24) is 10.2 Å². The summed E-state index contributed by atoms with van der Waals surface area (Å²) in [5.74, 6) is 0. The zero-order valence-corrected chi connectivity index (χ0v) is 17.4. The van der Waals surface area contributed by atoms with Gasteiger partial charge in [-0.1, -0.05) is 29.8 Å². The van der Waals surface area contributed by atoms with Crippen LogP contribution in [0.4, 0.5) is 5.69 Å². The molecule has 2 N–H and O–H groups in total. The number of thiocarbonyl (C=S) groups is 1. The van der Waals surface area contributed by atoms with Crippen molar-refractivity contribution in [2.24, 2.45) is 0 Å². The normalized spacial score (nSPS) is 13.8. The van der Waals surface area contributed by atoms with Crippen LogP contribution in [0.15, 0.2) is 42.5 Å². The highest BCUT2D eigenvalue weighted by Gasteiger charge is 2.19. The molecule has 0 amide bonds. The van der Waals surface area contributed by atoms with E-state index < -0.39 is 10.0 Å². The lowest BCUT2D eigenvalue weighted by molar-refractivity contribution is 0.388. The predicted molar refractivity (Wildman–Crippen MR) is 115 cm³/mol. The summed E-state index contributed by atoms with van der Waals surface area (Å²) in [5, 5.41) is 4.77. The Kier molecular flexibility index (Phi) is 6.24. The number of fused-ring (bicyclic) bond motifs is 1. The van der Waals surface area contributed by atoms with E-state index in [-0.39, 0.29) is 0 Å². The third-order valence-electron chi connectivity index (χ3n) is 4.41. The third kappa shape index (κ3) is 5.82. The summed E-state index contributed by atoms with van der Waals surface area (Å²) in [6.07, 6.45) is 2.90. The summed E-state index contributed by atoms with van der Waals surface area (Å²) in [7, 11) is -3.28. The molecule has 2 aromatic carbocycles. The average Bonchev–Trinajstić information content (AvgIpc) is 2.61. The van der Waals surface area contributed by atoms with Crippen LogP contribution >= 0.6 is 23.8 Å². The Morgan fingerprint density at radius 3 is 2.63 bits per heavy atom. The van der Waals surface area contributed by atoms with E-state index in [0.29, 0.717) is 12.2 Å². The van der Waals surface area contributed by atoms with Crippen LogP contribution in [-0.2, 0) is 29.4 Å². The topological polar surface area (TPSA) is 61.4 Å². The molecule has 0 radical (unpaired) electrons. The molecule has 2 aromatic rings. The van der Waals surface area contributed by atoms with Gasteiger partial charge in [-0.2, -0.15) is 0 Å². The monoisotopic (exact) mass is 423 g/mol. The van der Waals surface area contributed by atoms with Crippen LogP contribution in [0.3, 0.4) is 0 Å². The lowest BCUT2D eigenvalue weighted by atomic mass is 9.99. The van der Waals surface area contributed by atoms with Gasteiger partial charge in [0.05, 0.1) is 6.26 Å². The summed E-state index contributed by atoms with van der Waals surface area (Å²) >= 11 is 11.4. The summed E-state index contributed by atoms with van der Waals surface area (Å²) in [5.41, 5.74) is 4.11. The molecule has 3 rings (SSSR count). The Balaban J connectivity index is 1.56. The van der Waals surface area contributed by atoms with E-state index in [1.165, 1.54) is 11.1 Å². The Morgan fingerprint density at radius 2 is 1.93 bits per heavy atom. The van der Waals surface area contributed by atoms with E-state index in [9.17, 15) is 8.42 Å². The maximum atomic E-state index is 11.4. The van der Waals surface area contributed by atoms with Crippen molar-refractivity contribution in [3.63, 3.8) is 0 Å². The Morgan fingerprint density at radius 1 is 1.19 bits per heavy atom. The van der Waals surface area contributed by atoms with Gasteiger partial charge >= 0.3 is 0 Å². The molecule has 0 bridgehead atoms. The van der Waals surface area contributed by atoms with E-state index in [4.69, 9.17) is 23.8 Å². The van der Waals surface area contributed by atoms with Gasteiger partial charge in [0, 0.05) is 30.3 Å². The van der Waals surface area contributed by atoms with Crippen molar-refractivity contribution < 1.29 is 8.42 Å². The molecule has 8 heteroatoms. The first-order valence-corrected chi connectivity index (χ1v) is 11.3. The van der Waals surface area contributed by atoms with Gasteiger partial charge in [-0.05, 0) is 66.0 Å². The molecule has 0 spiro atoms. The number of rotatable bonds is 5. The minimum absolute atomic E-state index is 0.583. The van der Waals surface area contributed by atoms with Crippen molar-refractivity contribution in [3.8, 4) is 0 Å². The molecule has 1 aliphatic heterocycles. The fourth-order valence-electron chi connectivity index (χ4n) is 3.08. The SMILES string of the molecule is CS(=O)(=O)Nc1ccc2c(c1)CN(C(=S)NCCc1ccc(Cl)cc1)CC2. The highest BCUT2D eigenvalue weighted by molar-refractivity contribution is 7.92. The molecule has 27 heavy (non-hydrogen) atoms. The van der Waals surface area contributed by atoms with Gasteiger partial charge in [-0.3, -0.25) is 4.72 Å². The van der Waals surface area contributed by atoms with Crippen LogP contribution in [0.25, 0.3) is 0 Å². The summed E-state index contributed by atoms with van der Waals surface area (Å²) in [6.45, 7) is 2.26. The van der Waals surface area contributed by atoms with E-state index in [0.717, 1.165) is 47.9 Å². The van der Waals surface area contributed by atoms with E-state index in [1.807, 2.05) is 36.4 Å². The molecule has 0 fully saturated rings. The number of anilines is 1. The molecule has 0 atom stereocenters. The zero-order chi connectivity index (χ0) is 19.4.